The number of carbonyl (C=O) groups excluding carboxylic acids is 1. The van der Waals surface area contributed by atoms with Gasteiger partial charge in [-0.15, -0.1) is 0 Å². The molecule has 0 aliphatic rings. The van der Waals surface area contributed by atoms with Crippen molar-refractivity contribution in [3.05, 3.63) is 63.4 Å². The highest BCUT2D eigenvalue weighted by Gasteiger charge is 2.31. The molecule has 0 fully saturated rings. The molecule has 0 atom stereocenters. The van der Waals surface area contributed by atoms with Gasteiger partial charge in [0.2, 0.25) is 0 Å². The Morgan fingerprint density at radius 2 is 2.00 bits per heavy atom. The van der Waals surface area contributed by atoms with E-state index in [0.717, 1.165) is 17.7 Å². The van der Waals surface area contributed by atoms with Crippen LogP contribution in [0.15, 0.2) is 41.0 Å². The number of benzene rings is 1. The third-order valence-corrected chi connectivity index (χ3v) is 3.73. The van der Waals surface area contributed by atoms with Crippen LogP contribution in [0.5, 0.6) is 0 Å². The summed E-state index contributed by atoms with van der Waals surface area (Å²) in [6.45, 7) is 1.80. The van der Waals surface area contributed by atoms with Crippen LogP contribution >= 0.6 is 15.9 Å². The van der Waals surface area contributed by atoms with Gasteiger partial charge in [0.1, 0.15) is 0 Å². The number of carbonyl (C=O) groups is 1. The van der Waals surface area contributed by atoms with Gasteiger partial charge in [-0.3, -0.25) is 9.78 Å². The Bertz CT molecular complexity index is 683. The van der Waals surface area contributed by atoms with Gasteiger partial charge in [0, 0.05) is 16.2 Å². The number of rotatable bonds is 3. The number of halogens is 4. The zero-order valence-electron chi connectivity index (χ0n) is 11.0. The summed E-state index contributed by atoms with van der Waals surface area (Å²) < 4.78 is 38.5. The molecular weight excluding hydrogens is 347 g/mol. The molecule has 0 saturated carbocycles. The first-order valence-electron chi connectivity index (χ1n) is 6.09. The van der Waals surface area contributed by atoms with Gasteiger partial charge in [-0.05, 0) is 36.8 Å². The molecule has 6 heteroatoms. The second-order valence-corrected chi connectivity index (χ2v) is 5.41. The van der Waals surface area contributed by atoms with E-state index in [4.69, 9.17) is 0 Å². The van der Waals surface area contributed by atoms with Gasteiger partial charge >= 0.3 is 6.18 Å². The van der Waals surface area contributed by atoms with Crippen molar-refractivity contribution in [1.29, 1.82) is 0 Å². The smallest absolute Gasteiger partial charge is 0.294 e. The van der Waals surface area contributed by atoms with E-state index in [2.05, 4.69) is 20.9 Å². The summed E-state index contributed by atoms with van der Waals surface area (Å²) in [5.74, 6) is -0.408. The van der Waals surface area contributed by atoms with Crippen molar-refractivity contribution in [2.45, 2.75) is 19.5 Å². The van der Waals surface area contributed by atoms with E-state index in [1.165, 1.54) is 6.07 Å². The predicted octanol–water partition coefficient (Wildman–Crippen LogP) is 4.60. The van der Waals surface area contributed by atoms with Gasteiger partial charge in [-0.25, -0.2) is 0 Å². The number of pyridine rings is 1. The zero-order valence-corrected chi connectivity index (χ0v) is 12.6. The molecule has 21 heavy (non-hydrogen) atoms. The maximum absolute atomic E-state index is 12.7. The monoisotopic (exact) mass is 357 g/mol. The highest BCUT2D eigenvalue weighted by Crippen LogP contribution is 2.32. The Kier molecular flexibility index (Phi) is 4.46. The lowest BCUT2D eigenvalue weighted by molar-refractivity contribution is -0.137. The van der Waals surface area contributed by atoms with Crippen LogP contribution in [-0.4, -0.2) is 10.8 Å². The molecular formula is C15H11BrF3NO. The molecule has 1 heterocycles. The fourth-order valence-electron chi connectivity index (χ4n) is 1.87. The summed E-state index contributed by atoms with van der Waals surface area (Å²) >= 11 is 3.12. The quantitative estimate of drug-likeness (QED) is 0.751. The summed E-state index contributed by atoms with van der Waals surface area (Å²) in [6, 6.07) is 6.58. The summed E-state index contributed by atoms with van der Waals surface area (Å²) in [5, 5.41) is 0. The fourth-order valence-corrected chi connectivity index (χ4v) is 2.33. The maximum atomic E-state index is 12.7. The fraction of sp³-hybridized carbons (Fsp3) is 0.200. The number of aromatic nitrogens is 1. The molecule has 1 aromatic heterocycles. The van der Waals surface area contributed by atoms with Gasteiger partial charge in [-0.1, -0.05) is 22.0 Å². The minimum Gasteiger partial charge on any atom is -0.294 e. The molecule has 2 aromatic rings. The van der Waals surface area contributed by atoms with Crippen molar-refractivity contribution >= 4 is 21.7 Å². The predicted molar refractivity (Wildman–Crippen MR) is 76.2 cm³/mol. The number of hydrogen-bond acceptors (Lipinski definition) is 2. The average Bonchev–Trinajstić information content (AvgIpc) is 2.40. The number of Topliss-reactive ketones (excluding diaryl/α,β-unsaturated/α-hetero) is 1. The van der Waals surface area contributed by atoms with Crippen LogP contribution in [0.25, 0.3) is 0 Å². The minimum atomic E-state index is -4.48. The second kappa shape index (κ2) is 5.97. The first-order valence-corrected chi connectivity index (χ1v) is 6.89. The molecule has 0 bridgehead atoms. The molecule has 0 amide bonds. The van der Waals surface area contributed by atoms with Gasteiger partial charge in [-0.2, -0.15) is 13.2 Å². The Balaban J connectivity index is 2.33. The van der Waals surface area contributed by atoms with Gasteiger partial charge < -0.3 is 0 Å². The lowest BCUT2D eigenvalue weighted by Gasteiger charge is -2.10. The first-order chi connectivity index (χ1) is 9.79. The molecule has 0 aliphatic heterocycles. The number of alkyl halides is 3. The van der Waals surface area contributed by atoms with Gasteiger partial charge in [0.05, 0.1) is 17.7 Å². The Hall–Kier alpha value is -1.69. The maximum Gasteiger partial charge on any atom is 0.416 e. The zero-order chi connectivity index (χ0) is 15.6. The van der Waals surface area contributed by atoms with E-state index >= 15 is 0 Å². The summed E-state index contributed by atoms with van der Waals surface area (Å²) in [7, 11) is 0. The number of aryl methyl sites for hydroxylation is 1. The van der Waals surface area contributed by atoms with E-state index in [1.807, 2.05) is 0 Å². The number of hydrogen-bond donors (Lipinski definition) is 0. The third kappa shape index (κ3) is 3.69. The van der Waals surface area contributed by atoms with E-state index in [-0.39, 0.29) is 12.0 Å². The van der Waals surface area contributed by atoms with E-state index in [0.29, 0.717) is 10.2 Å². The molecule has 2 rings (SSSR count). The normalized spacial score (nSPS) is 11.5. The van der Waals surface area contributed by atoms with Crippen LogP contribution in [0.1, 0.15) is 27.2 Å². The molecule has 0 unspecified atom stereocenters. The minimum absolute atomic E-state index is 0.00915. The summed E-state index contributed by atoms with van der Waals surface area (Å²) in [5.41, 5.74) is 0.558. The van der Waals surface area contributed by atoms with Gasteiger partial charge in [0.25, 0.3) is 0 Å². The molecule has 0 radical (unpaired) electrons. The molecule has 0 N–H and O–H groups in total. The van der Waals surface area contributed by atoms with Crippen molar-refractivity contribution in [2.75, 3.05) is 0 Å². The first kappa shape index (κ1) is 15.7. The van der Waals surface area contributed by atoms with Crippen LogP contribution < -0.4 is 0 Å². The topological polar surface area (TPSA) is 30.0 Å². The lowest BCUT2D eigenvalue weighted by Crippen LogP contribution is -2.11. The lowest BCUT2D eigenvalue weighted by atomic mass is 10.0. The van der Waals surface area contributed by atoms with Crippen LogP contribution in [0.3, 0.4) is 0 Å². The van der Waals surface area contributed by atoms with E-state index < -0.39 is 17.5 Å². The molecule has 1 aromatic carbocycles. The Labute approximate surface area is 128 Å². The molecule has 2 nitrogen and oxygen atoms in total. The second-order valence-electron chi connectivity index (χ2n) is 4.56. The van der Waals surface area contributed by atoms with Crippen LogP contribution in [0.4, 0.5) is 13.2 Å². The van der Waals surface area contributed by atoms with E-state index in [9.17, 15) is 18.0 Å². The SMILES string of the molecule is Cc1cccnc1CC(=O)c1cc(C(F)(F)F)ccc1Br. The standard InChI is InChI=1S/C15H11BrF3NO/c1-9-3-2-6-20-13(9)8-14(21)11-7-10(15(17,18)19)4-5-12(11)16/h2-7H,8H2,1H3. The number of nitrogens with zero attached hydrogens (tertiary/aromatic N) is 1. The summed E-state index contributed by atoms with van der Waals surface area (Å²) in [4.78, 5) is 16.3. The average molecular weight is 358 g/mol. The highest BCUT2D eigenvalue weighted by molar-refractivity contribution is 9.10. The third-order valence-electron chi connectivity index (χ3n) is 3.04. The largest absolute Gasteiger partial charge is 0.416 e. The van der Waals surface area contributed by atoms with Crippen molar-refractivity contribution in [2.24, 2.45) is 0 Å². The van der Waals surface area contributed by atoms with Crippen LogP contribution in [0.2, 0.25) is 0 Å². The number of ketones is 1. The molecule has 110 valence electrons. The molecule has 0 spiro atoms. The Morgan fingerprint density at radius 1 is 1.29 bits per heavy atom. The van der Waals surface area contributed by atoms with Crippen LogP contribution in [-0.2, 0) is 12.6 Å². The van der Waals surface area contributed by atoms with Crippen LogP contribution in [0, 0.1) is 6.92 Å². The van der Waals surface area contributed by atoms with Gasteiger partial charge in [0.15, 0.2) is 5.78 Å². The van der Waals surface area contributed by atoms with Crippen molar-refractivity contribution in [3.63, 3.8) is 0 Å². The van der Waals surface area contributed by atoms with E-state index in [1.54, 1.807) is 25.3 Å². The summed E-state index contributed by atoms with van der Waals surface area (Å²) in [6.07, 6.45) is -2.96. The molecule has 0 saturated heterocycles. The Morgan fingerprint density at radius 3 is 2.62 bits per heavy atom. The van der Waals surface area contributed by atoms with Crippen molar-refractivity contribution in [1.82, 2.24) is 4.98 Å². The van der Waals surface area contributed by atoms with Crippen molar-refractivity contribution < 1.29 is 18.0 Å². The highest BCUT2D eigenvalue weighted by atomic mass is 79.9. The molecule has 0 aliphatic carbocycles. The van der Waals surface area contributed by atoms with Crippen molar-refractivity contribution in [3.8, 4) is 0 Å².